The van der Waals surface area contributed by atoms with Crippen LogP contribution in [0, 0.1) is 10.1 Å². The topological polar surface area (TPSA) is 61.6 Å². The van der Waals surface area contributed by atoms with Gasteiger partial charge in [0.15, 0.2) is 0 Å². The van der Waals surface area contributed by atoms with Crippen LogP contribution in [0.1, 0.15) is 16.7 Å². The quantitative estimate of drug-likeness (QED) is 0.259. The molecule has 0 aromatic heterocycles. The fourth-order valence-corrected chi connectivity index (χ4v) is 4.20. The lowest BCUT2D eigenvalue weighted by Gasteiger charge is -2.39. The van der Waals surface area contributed by atoms with Gasteiger partial charge in [0.2, 0.25) is 0 Å². The monoisotopic (exact) mass is 435 g/mol. The van der Waals surface area contributed by atoms with E-state index >= 15 is 0 Å². The second-order valence-corrected chi connectivity index (χ2v) is 7.77. The first-order chi connectivity index (χ1) is 16.1. The molecule has 5 nitrogen and oxygen atoms in total. The molecular formula is C28H21NO4. The summed E-state index contributed by atoms with van der Waals surface area (Å²) in [5.41, 5.74) is 5.35. The highest BCUT2D eigenvalue weighted by atomic mass is 16.7. The maximum Gasteiger partial charge on any atom is 0.270 e. The molecule has 5 rings (SSSR count). The molecule has 162 valence electrons. The molecule has 0 bridgehead atoms. The molecule has 5 heteroatoms. The maximum absolute atomic E-state index is 11.3. The first kappa shape index (κ1) is 20.7. The second kappa shape index (κ2) is 8.37. The van der Waals surface area contributed by atoms with Gasteiger partial charge in [0.05, 0.1) is 4.92 Å². The van der Waals surface area contributed by atoms with Crippen molar-refractivity contribution in [3.05, 3.63) is 130 Å². The molecule has 4 aromatic carbocycles. The summed E-state index contributed by atoms with van der Waals surface area (Å²) in [6.45, 7) is 0. The first-order valence-corrected chi connectivity index (χ1v) is 10.6. The molecular weight excluding hydrogens is 414 g/mol. The van der Waals surface area contributed by atoms with E-state index in [4.69, 9.17) is 9.47 Å². The molecule has 1 aliphatic heterocycles. The molecule has 0 spiro atoms. The second-order valence-electron chi connectivity index (χ2n) is 7.77. The summed E-state index contributed by atoms with van der Waals surface area (Å²) in [5.74, 6) is -0.686. The van der Waals surface area contributed by atoms with Crippen LogP contribution in [0.15, 0.2) is 103 Å². The number of ether oxygens (including phenoxy) is 2. The van der Waals surface area contributed by atoms with Gasteiger partial charge >= 0.3 is 0 Å². The Labute approximate surface area is 191 Å². The van der Waals surface area contributed by atoms with Crippen LogP contribution in [-0.2, 0) is 10.5 Å². The number of methoxy groups -OCH3 is 1. The van der Waals surface area contributed by atoms with Gasteiger partial charge in [-0.1, -0.05) is 84.9 Å². The van der Waals surface area contributed by atoms with Crippen molar-refractivity contribution in [1.82, 2.24) is 0 Å². The van der Waals surface area contributed by atoms with Crippen molar-refractivity contribution >= 4 is 17.3 Å². The molecule has 0 amide bonds. The molecule has 0 aliphatic carbocycles. The lowest BCUT2D eigenvalue weighted by Crippen LogP contribution is -2.38. The van der Waals surface area contributed by atoms with Crippen LogP contribution >= 0.6 is 0 Å². The highest BCUT2D eigenvalue weighted by Crippen LogP contribution is 2.48. The Morgan fingerprint density at radius 2 is 1.39 bits per heavy atom. The molecule has 1 unspecified atom stereocenters. The number of rotatable bonds is 5. The zero-order valence-electron chi connectivity index (χ0n) is 18.0. The van der Waals surface area contributed by atoms with E-state index in [1.807, 2.05) is 78.9 Å². The largest absolute Gasteiger partial charge is 0.453 e. The van der Waals surface area contributed by atoms with E-state index in [0.29, 0.717) is 11.3 Å². The third kappa shape index (κ3) is 3.69. The molecule has 0 saturated heterocycles. The van der Waals surface area contributed by atoms with E-state index in [9.17, 15) is 10.1 Å². The number of benzene rings is 4. The van der Waals surface area contributed by atoms with Gasteiger partial charge in [0.25, 0.3) is 11.5 Å². The minimum Gasteiger partial charge on any atom is -0.453 e. The summed E-state index contributed by atoms with van der Waals surface area (Å²) in [6, 6.07) is 32.6. The van der Waals surface area contributed by atoms with Gasteiger partial charge in [-0.3, -0.25) is 10.1 Å². The summed E-state index contributed by atoms with van der Waals surface area (Å²) < 4.78 is 12.6. The minimum absolute atomic E-state index is 0.0122. The van der Waals surface area contributed by atoms with Crippen molar-refractivity contribution < 1.29 is 14.4 Å². The molecule has 1 heterocycles. The lowest BCUT2D eigenvalue weighted by atomic mass is 9.87. The van der Waals surface area contributed by atoms with Gasteiger partial charge < -0.3 is 9.47 Å². The fraction of sp³-hybridized carbons (Fsp3) is 0.0714. The summed E-state index contributed by atoms with van der Waals surface area (Å²) in [4.78, 5) is 10.9. The van der Waals surface area contributed by atoms with Crippen molar-refractivity contribution in [2.75, 3.05) is 7.11 Å². The first-order valence-electron chi connectivity index (χ1n) is 10.6. The predicted octanol–water partition coefficient (Wildman–Crippen LogP) is 6.69. The van der Waals surface area contributed by atoms with Crippen LogP contribution < -0.4 is 4.74 Å². The van der Waals surface area contributed by atoms with E-state index in [1.165, 1.54) is 12.1 Å². The van der Waals surface area contributed by atoms with Gasteiger partial charge in [0.1, 0.15) is 5.75 Å². The normalized spacial score (nSPS) is 16.9. The Morgan fingerprint density at radius 3 is 2.00 bits per heavy atom. The number of non-ortho nitro benzene ring substituents is 1. The Bertz CT molecular complexity index is 1330. The van der Waals surface area contributed by atoms with Gasteiger partial charge in [0, 0.05) is 35.9 Å². The molecule has 1 atom stereocenters. The summed E-state index contributed by atoms with van der Waals surface area (Å²) in [6.07, 6.45) is 1.91. The summed E-state index contributed by atoms with van der Waals surface area (Å²) in [5, 5.41) is 11.3. The molecule has 0 fully saturated rings. The van der Waals surface area contributed by atoms with Crippen molar-refractivity contribution in [3.63, 3.8) is 0 Å². The van der Waals surface area contributed by atoms with Gasteiger partial charge in [-0.05, 0) is 28.8 Å². The van der Waals surface area contributed by atoms with Crippen LogP contribution in [0.5, 0.6) is 5.75 Å². The van der Waals surface area contributed by atoms with Gasteiger partial charge in [-0.2, -0.15) is 0 Å². The Hall–Kier alpha value is -4.22. The standard InChI is InChI=1S/C28H21NO4/c1-32-28(24-14-12-21(13-15-24)20-8-4-2-5-9-20)26(22-10-6-3-7-11-22)19-23-18-25(29(30)31)16-17-27(23)33-28/h2-19H,1H3. The fourth-order valence-electron chi connectivity index (χ4n) is 4.20. The summed E-state index contributed by atoms with van der Waals surface area (Å²) in [7, 11) is 1.61. The van der Waals surface area contributed by atoms with E-state index in [-0.39, 0.29) is 5.69 Å². The average Bonchev–Trinajstić information content (AvgIpc) is 2.88. The van der Waals surface area contributed by atoms with E-state index in [2.05, 4.69) is 12.1 Å². The van der Waals surface area contributed by atoms with E-state index < -0.39 is 10.7 Å². The smallest absolute Gasteiger partial charge is 0.270 e. The van der Waals surface area contributed by atoms with Crippen molar-refractivity contribution in [1.29, 1.82) is 0 Å². The third-order valence-corrected chi connectivity index (χ3v) is 5.86. The zero-order chi connectivity index (χ0) is 22.8. The Balaban J connectivity index is 1.66. The average molecular weight is 435 g/mol. The highest BCUT2D eigenvalue weighted by molar-refractivity contribution is 5.90. The molecule has 0 N–H and O–H groups in total. The van der Waals surface area contributed by atoms with Crippen molar-refractivity contribution in [2.24, 2.45) is 0 Å². The van der Waals surface area contributed by atoms with Gasteiger partial charge in [-0.15, -0.1) is 0 Å². The maximum atomic E-state index is 11.3. The van der Waals surface area contributed by atoms with Crippen molar-refractivity contribution in [2.45, 2.75) is 5.79 Å². The van der Waals surface area contributed by atoms with Crippen LogP contribution in [0.2, 0.25) is 0 Å². The predicted molar refractivity (Wildman–Crippen MR) is 129 cm³/mol. The minimum atomic E-state index is -1.21. The third-order valence-electron chi connectivity index (χ3n) is 5.86. The molecule has 4 aromatic rings. The van der Waals surface area contributed by atoms with Crippen LogP contribution in [-0.4, -0.2) is 12.0 Å². The van der Waals surface area contributed by atoms with Crippen molar-refractivity contribution in [3.8, 4) is 16.9 Å². The van der Waals surface area contributed by atoms with Crippen LogP contribution in [0.25, 0.3) is 22.8 Å². The van der Waals surface area contributed by atoms with Gasteiger partial charge in [-0.25, -0.2) is 0 Å². The highest BCUT2D eigenvalue weighted by Gasteiger charge is 2.43. The number of nitro groups is 1. The molecule has 1 aliphatic rings. The van der Waals surface area contributed by atoms with E-state index in [0.717, 1.165) is 27.8 Å². The molecule has 33 heavy (non-hydrogen) atoms. The molecule has 0 radical (unpaired) electrons. The number of fused-ring (bicyclic) bond motifs is 1. The SMILES string of the molecule is COC1(c2ccc(-c3ccccc3)cc2)Oc2ccc([N+](=O)[O-])cc2C=C1c1ccccc1. The summed E-state index contributed by atoms with van der Waals surface area (Å²) >= 11 is 0. The number of nitrogens with zero attached hydrogens (tertiary/aromatic N) is 1. The number of nitro benzene ring substituents is 1. The van der Waals surface area contributed by atoms with Crippen LogP contribution in [0.3, 0.4) is 0 Å². The number of hydrogen-bond acceptors (Lipinski definition) is 4. The van der Waals surface area contributed by atoms with Crippen LogP contribution in [0.4, 0.5) is 5.69 Å². The van der Waals surface area contributed by atoms with E-state index in [1.54, 1.807) is 13.2 Å². The Morgan fingerprint density at radius 1 is 0.788 bits per heavy atom. The number of hydrogen-bond donors (Lipinski definition) is 0. The zero-order valence-corrected chi connectivity index (χ0v) is 18.0. The molecule has 0 saturated carbocycles. The Kier molecular flexibility index (Phi) is 5.24. The lowest BCUT2D eigenvalue weighted by molar-refractivity contribution is -0.384.